The fourth-order valence-electron chi connectivity index (χ4n) is 1.49. The second kappa shape index (κ2) is 5.56. The first-order chi connectivity index (χ1) is 5.43. The quantitative estimate of drug-likeness (QED) is 0.602. The van der Waals surface area contributed by atoms with Crippen molar-refractivity contribution in [3.05, 3.63) is 0 Å². The van der Waals surface area contributed by atoms with Gasteiger partial charge in [-0.15, -0.1) is 0 Å². The van der Waals surface area contributed by atoms with E-state index in [1.165, 1.54) is 32.4 Å². The predicted molar refractivity (Wildman–Crippen MR) is 46.8 cm³/mol. The Labute approximate surface area is 69.5 Å². The van der Waals surface area contributed by atoms with Gasteiger partial charge in [-0.3, -0.25) is 0 Å². The average molecular weight is 157 g/mol. The first kappa shape index (κ1) is 9.01. The Morgan fingerprint density at radius 2 is 2.09 bits per heavy atom. The van der Waals surface area contributed by atoms with Gasteiger partial charge >= 0.3 is 0 Å². The number of rotatable bonds is 2. The molecule has 1 aliphatic heterocycles. The van der Waals surface area contributed by atoms with Crippen molar-refractivity contribution < 1.29 is 4.74 Å². The van der Waals surface area contributed by atoms with Crippen LogP contribution in [-0.4, -0.2) is 37.7 Å². The topological polar surface area (TPSA) is 12.5 Å². The molecule has 2 heteroatoms. The maximum atomic E-state index is 5.41. The molecule has 0 N–H and O–H groups in total. The van der Waals surface area contributed by atoms with Crippen molar-refractivity contribution in [2.75, 3.05) is 32.8 Å². The molecule has 0 atom stereocenters. The van der Waals surface area contributed by atoms with Gasteiger partial charge in [0.05, 0.1) is 6.61 Å². The molecule has 0 spiro atoms. The molecule has 11 heavy (non-hydrogen) atoms. The Morgan fingerprint density at radius 3 is 2.91 bits per heavy atom. The van der Waals surface area contributed by atoms with Crippen LogP contribution >= 0.6 is 0 Å². The highest BCUT2D eigenvalue weighted by Gasteiger charge is 2.05. The zero-order chi connectivity index (χ0) is 7.94. The SMILES string of the molecule is CCCN1CCCCOCC1. The van der Waals surface area contributed by atoms with Gasteiger partial charge in [0.1, 0.15) is 0 Å². The van der Waals surface area contributed by atoms with Crippen molar-refractivity contribution in [3.8, 4) is 0 Å². The minimum Gasteiger partial charge on any atom is -0.380 e. The molecule has 1 rings (SSSR count). The van der Waals surface area contributed by atoms with E-state index in [1.54, 1.807) is 0 Å². The fraction of sp³-hybridized carbons (Fsp3) is 1.00. The zero-order valence-electron chi connectivity index (χ0n) is 7.51. The molecule has 1 saturated heterocycles. The molecule has 0 aliphatic carbocycles. The predicted octanol–water partition coefficient (Wildman–Crippen LogP) is 1.51. The third kappa shape index (κ3) is 3.73. The summed E-state index contributed by atoms with van der Waals surface area (Å²) in [4.78, 5) is 2.50. The number of nitrogens with zero attached hydrogens (tertiary/aromatic N) is 1. The van der Waals surface area contributed by atoms with Gasteiger partial charge in [0.15, 0.2) is 0 Å². The van der Waals surface area contributed by atoms with Crippen LogP contribution in [0.3, 0.4) is 0 Å². The molecule has 66 valence electrons. The lowest BCUT2D eigenvalue weighted by Gasteiger charge is -2.23. The lowest BCUT2D eigenvalue weighted by atomic mass is 10.2. The molecule has 0 unspecified atom stereocenters. The molecule has 0 aromatic rings. The summed E-state index contributed by atoms with van der Waals surface area (Å²) in [7, 11) is 0. The standard InChI is InChI=1S/C9H19NO/c1-2-5-10-6-3-4-8-11-9-7-10/h2-9H2,1H3. The van der Waals surface area contributed by atoms with Crippen LogP contribution in [-0.2, 0) is 4.74 Å². The Hall–Kier alpha value is -0.0800. The van der Waals surface area contributed by atoms with E-state index in [9.17, 15) is 0 Å². The molecular weight excluding hydrogens is 138 g/mol. The second-order valence-corrected chi connectivity index (χ2v) is 3.16. The van der Waals surface area contributed by atoms with Crippen molar-refractivity contribution in [3.63, 3.8) is 0 Å². The maximum absolute atomic E-state index is 5.41. The van der Waals surface area contributed by atoms with Crippen LogP contribution < -0.4 is 0 Å². The monoisotopic (exact) mass is 157 g/mol. The molecule has 0 saturated carbocycles. The van der Waals surface area contributed by atoms with Crippen LogP contribution in [0, 0.1) is 0 Å². The zero-order valence-corrected chi connectivity index (χ0v) is 7.51. The number of ether oxygens (including phenoxy) is 1. The summed E-state index contributed by atoms with van der Waals surface area (Å²) in [5.74, 6) is 0. The van der Waals surface area contributed by atoms with Gasteiger partial charge in [-0.1, -0.05) is 6.92 Å². The van der Waals surface area contributed by atoms with Crippen molar-refractivity contribution in [1.29, 1.82) is 0 Å². The van der Waals surface area contributed by atoms with Crippen LogP contribution in [0.25, 0.3) is 0 Å². The van der Waals surface area contributed by atoms with E-state index in [1.807, 2.05) is 0 Å². The van der Waals surface area contributed by atoms with Gasteiger partial charge in [-0.25, -0.2) is 0 Å². The van der Waals surface area contributed by atoms with Crippen molar-refractivity contribution >= 4 is 0 Å². The first-order valence-electron chi connectivity index (χ1n) is 4.73. The Balaban J connectivity index is 2.15. The van der Waals surface area contributed by atoms with E-state index in [2.05, 4.69) is 11.8 Å². The van der Waals surface area contributed by atoms with E-state index >= 15 is 0 Å². The van der Waals surface area contributed by atoms with E-state index in [0.29, 0.717) is 0 Å². The van der Waals surface area contributed by atoms with Crippen LogP contribution in [0.15, 0.2) is 0 Å². The summed E-state index contributed by atoms with van der Waals surface area (Å²) in [6.07, 6.45) is 3.81. The van der Waals surface area contributed by atoms with E-state index in [4.69, 9.17) is 4.74 Å². The number of hydrogen-bond acceptors (Lipinski definition) is 2. The molecule has 1 fully saturated rings. The Kier molecular flexibility index (Phi) is 4.55. The third-order valence-electron chi connectivity index (χ3n) is 2.10. The highest BCUT2D eigenvalue weighted by molar-refractivity contribution is 4.59. The molecule has 0 amide bonds. The summed E-state index contributed by atoms with van der Waals surface area (Å²) in [5.41, 5.74) is 0. The molecule has 0 aromatic carbocycles. The van der Waals surface area contributed by atoms with E-state index in [-0.39, 0.29) is 0 Å². The highest BCUT2D eigenvalue weighted by Crippen LogP contribution is 2.01. The van der Waals surface area contributed by atoms with Crippen molar-refractivity contribution in [1.82, 2.24) is 4.90 Å². The van der Waals surface area contributed by atoms with E-state index in [0.717, 1.165) is 19.8 Å². The van der Waals surface area contributed by atoms with Gasteiger partial charge in [0, 0.05) is 13.2 Å². The summed E-state index contributed by atoms with van der Waals surface area (Å²) in [6.45, 7) is 7.79. The summed E-state index contributed by atoms with van der Waals surface area (Å²) in [6, 6.07) is 0. The average Bonchev–Trinajstić information content (AvgIpc) is 1.94. The van der Waals surface area contributed by atoms with Crippen molar-refractivity contribution in [2.45, 2.75) is 26.2 Å². The maximum Gasteiger partial charge on any atom is 0.0593 e. The van der Waals surface area contributed by atoms with E-state index < -0.39 is 0 Å². The molecule has 1 heterocycles. The van der Waals surface area contributed by atoms with Crippen LogP contribution in [0.4, 0.5) is 0 Å². The van der Waals surface area contributed by atoms with Crippen LogP contribution in [0.2, 0.25) is 0 Å². The molecule has 0 bridgehead atoms. The largest absolute Gasteiger partial charge is 0.380 e. The highest BCUT2D eigenvalue weighted by atomic mass is 16.5. The van der Waals surface area contributed by atoms with Gasteiger partial charge in [-0.05, 0) is 32.4 Å². The Morgan fingerprint density at radius 1 is 1.18 bits per heavy atom. The normalized spacial score (nSPS) is 22.6. The molecule has 2 nitrogen and oxygen atoms in total. The van der Waals surface area contributed by atoms with Gasteiger partial charge in [0.25, 0.3) is 0 Å². The minimum absolute atomic E-state index is 0.931. The lowest BCUT2D eigenvalue weighted by Crippen LogP contribution is -2.31. The van der Waals surface area contributed by atoms with Crippen LogP contribution in [0.1, 0.15) is 26.2 Å². The molecule has 0 aromatic heterocycles. The van der Waals surface area contributed by atoms with Gasteiger partial charge in [0.2, 0.25) is 0 Å². The molecule has 0 radical (unpaired) electrons. The second-order valence-electron chi connectivity index (χ2n) is 3.16. The van der Waals surface area contributed by atoms with Crippen molar-refractivity contribution in [2.24, 2.45) is 0 Å². The molecule has 1 aliphatic rings. The molecular formula is C9H19NO. The van der Waals surface area contributed by atoms with Gasteiger partial charge < -0.3 is 9.64 Å². The smallest absolute Gasteiger partial charge is 0.0593 e. The summed E-state index contributed by atoms with van der Waals surface area (Å²) < 4.78 is 5.41. The fourth-order valence-corrected chi connectivity index (χ4v) is 1.49. The van der Waals surface area contributed by atoms with Crippen LogP contribution in [0.5, 0.6) is 0 Å². The third-order valence-corrected chi connectivity index (χ3v) is 2.10. The van der Waals surface area contributed by atoms with Gasteiger partial charge in [-0.2, -0.15) is 0 Å². The number of hydrogen-bond donors (Lipinski definition) is 0. The summed E-state index contributed by atoms with van der Waals surface area (Å²) in [5, 5.41) is 0. The first-order valence-corrected chi connectivity index (χ1v) is 4.73. The lowest BCUT2D eigenvalue weighted by molar-refractivity contribution is 0.0808. The minimum atomic E-state index is 0.931. The Bertz CT molecular complexity index is 87.6. The summed E-state index contributed by atoms with van der Waals surface area (Å²) >= 11 is 0.